The SMILES string of the molecule is CCC1(C(=O)N2CCCCC2C(=O)O)CCNC1. The van der Waals surface area contributed by atoms with Crippen LogP contribution in [0.25, 0.3) is 0 Å². The summed E-state index contributed by atoms with van der Waals surface area (Å²) in [5.74, 6) is -0.817. The highest BCUT2D eigenvalue weighted by Crippen LogP contribution is 2.34. The molecule has 2 aliphatic heterocycles. The number of hydrogen-bond acceptors (Lipinski definition) is 3. The summed E-state index contributed by atoms with van der Waals surface area (Å²) >= 11 is 0. The Bertz CT molecular complexity index is 337. The molecule has 102 valence electrons. The molecule has 2 atom stereocenters. The molecular formula is C13H22N2O3. The standard InChI is InChI=1S/C13H22N2O3/c1-2-13(6-7-14-9-13)12(18)15-8-4-3-5-10(15)11(16)17/h10,14H,2-9H2,1H3,(H,16,17). The van der Waals surface area contributed by atoms with E-state index in [1.54, 1.807) is 4.90 Å². The van der Waals surface area contributed by atoms with Gasteiger partial charge >= 0.3 is 5.97 Å². The minimum Gasteiger partial charge on any atom is -0.480 e. The van der Waals surface area contributed by atoms with Crippen LogP contribution in [0.3, 0.4) is 0 Å². The fraction of sp³-hybridized carbons (Fsp3) is 0.846. The fourth-order valence-corrected chi connectivity index (χ4v) is 3.12. The van der Waals surface area contributed by atoms with Gasteiger partial charge in [0.1, 0.15) is 6.04 Å². The predicted molar refractivity (Wildman–Crippen MR) is 67.2 cm³/mol. The van der Waals surface area contributed by atoms with Gasteiger partial charge in [-0.25, -0.2) is 4.79 Å². The van der Waals surface area contributed by atoms with Crippen LogP contribution in [0.15, 0.2) is 0 Å². The number of hydrogen-bond donors (Lipinski definition) is 2. The van der Waals surface area contributed by atoms with Crippen molar-refractivity contribution in [3.8, 4) is 0 Å². The van der Waals surface area contributed by atoms with Gasteiger partial charge < -0.3 is 15.3 Å². The molecule has 2 rings (SSSR count). The quantitative estimate of drug-likeness (QED) is 0.783. The second kappa shape index (κ2) is 5.26. The van der Waals surface area contributed by atoms with Gasteiger partial charge in [-0.1, -0.05) is 6.92 Å². The Balaban J connectivity index is 2.17. The molecule has 2 N–H and O–H groups in total. The van der Waals surface area contributed by atoms with Crippen LogP contribution in [0, 0.1) is 5.41 Å². The molecule has 0 bridgehead atoms. The number of carbonyl (C=O) groups is 2. The fourth-order valence-electron chi connectivity index (χ4n) is 3.12. The van der Waals surface area contributed by atoms with E-state index < -0.39 is 12.0 Å². The van der Waals surface area contributed by atoms with Gasteiger partial charge in [-0.15, -0.1) is 0 Å². The number of amides is 1. The number of rotatable bonds is 3. The van der Waals surface area contributed by atoms with Gasteiger partial charge in [-0.3, -0.25) is 4.79 Å². The zero-order valence-corrected chi connectivity index (χ0v) is 10.9. The first-order valence-corrected chi connectivity index (χ1v) is 6.85. The van der Waals surface area contributed by atoms with Gasteiger partial charge in [0.2, 0.25) is 5.91 Å². The van der Waals surface area contributed by atoms with E-state index in [1.165, 1.54) is 0 Å². The van der Waals surface area contributed by atoms with Crippen molar-refractivity contribution in [2.24, 2.45) is 5.41 Å². The summed E-state index contributed by atoms with van der Waals surface area (Å²) < 4.78 is 0. The van der Waals surface area contributed by atoms with Crippen LogP contribution >= 0.6 is 0 Å². The van der Waals surface area contributed by atoms with Crippen LogP contribution in [-0.2, 0) is 9.59 Å². The summed E-state index contributed by atoms with van der Waals surface area (Å²) in [5.41, 5.74) is -0.370. The van der Waals surface area contributed by atoms with Gasteiger partial charge in [0, 0.05) is 13.1 Å². The molecule has 0 aromatic heterocycles. The Morgan fingerprint density at radius 1 is 1.44 bits per heavy atom. The highest BCUT2D eigenvalue weighted by molar-refractivity contribution is 5.88. The van der Waals surface area contributed by atoms with Crippen molar-refractivity contribution < 1.29 is 14.7 Å². The molecule has 5 heteroatoms. The van der Waals surface area contributed by atoms with Gasteiger partial charge in [-0.05, 0) is 38.6 Å². The molecule has 2 fully saturated rings. The average Bonchev–Trinajstić information content (AvgIpc) is 2.87. The summed E-state index contributed by atoms with van der Waals surface area (Å²) in [6, 6.07) is -0.615. The molecule has 0 saturated carbocycles. The van der Waals surface area contributed by atoms with Gasteiger partial charge in [0.15, 0.2) is 0 Å². The van der Waals surface area contributed by atoms with Crippen molar-refractivity contribution in [1.82, 2.24) is 10.2 Å². The number of carboxylic acid groups (broad SMARTS) is 1. The number of nitrogens with zero attached hydrogens (tertiary/aromatic N) is 1. The lowest BCUT2D eigenvalue weighted by atomic mass is 9.81. The van der Waals surface area contributed by atoms with Crippen LogP contribution in [0.4, 0.5) is 0 Å². The van der Waals surface area contributed by atoms with Crippen molar-refractivity contribution in [1.29, 1.82) is 0 Å². The summed E-state index contributed by atoms with van der Waals surface area (Å²) in [6.45, 7) is 4.15. The molecule has 18 heavy (non-hydrogen) atoms. The first-order valence-electron chi connectivity index (χ1n) is 6.85. The second-order valence-corrected chi connectivity index (χ2v) is 5.41. The smallest absolute Gasteiger partial charge is 0.326 e. The maximum Gasteiger partial charge on any atom is 0.326 e. The molecular weight excluding hydrogens is 232 g/mol. The summed E-state index contributed by atoms with van der Waals surface area (Å²) in [4.78, 5) is 25.6. The Labute approximate surface area is 108 Å². The highest BCUT2D eigenvalue weighted by atomic mass is 16.4. The first kappa shape index (κ1) is 13.3. The predicted octanol–water partition coefficient (Wildman–Crippen LogP) is 0.842. The molecule has 0 aliphatic carbocycles. The average molecular weight is 254 g/mol. The third-order valence-corrected chi connectivity index (χ3v) is 4.42. The monoisotopic (exact) mass is 254 g/mol. The third kappa shape index (κ3) is 2.23. The van der Waals surface area contributed by atoms with Crippen LogP contribution in [0.1, 0.15) is 39.0 Å². The number of aliphatic carboxylic acids is 1. The molecule has 0 aromatic rings. The van der Waals surface area contributed by atoms with Crippen molar-refractivity contribution in [3.63, 3.8) is 0 Å². The van der Waals surface area contributed by atoms with Crippen LogP contribution in [0.2, 0.25) is 0 Å². The van der Waals surface area contributed by atoms with E-state index in [-0.39, 0.29) is 11.3 Å². The van der Waals surface area contributed by atoms with E-state index in [1.807, 2.05) is 6.92 Å². The van der Waals surface area contributed by atoms with Crippen LogP contribution in [0.5, 0.6) is 0 Å². The summed E-state index contributed by atoms with van der Waals surface area (Å²) in [5, 5.41) is 12.5. The minimum absolute atomic E-state index is 0.0436. The Morgan fingerprint density at radius 2 is 2.22 bits per heavy atom. The first-order chi connectivity index (χ1) is 8.60. The van der Waals surface area contributed by atoms with E-state index in [2.05, 4.69) is 5.32 Å². The van der Waals surface area contributed by atoms with E-state index in [4.69, 9.17) is 0 Å². The van der Waals surface area contributed by atoms with Gasteiger partial charge in [-0.2, -0.15) is 0 Å². The highest BCUT2D eigenvalue weighted by Gasteiger charge is 2.45. The topological polar surface area (TPSA) is 69.6 Å². The summed E-state index contributed by atoms with van der Waals surface area (Å²) in [7, 11) is 0. The number of carbonyl (C=O) groups excluding carboxylic acids is 1. The molecule has 0 radical (unpaired) electrons. The number of piperidine rings is 1. The molecule has 2 heterocycles. The van der Waals surface area contributed by atoms with E-state index in [9.17, 15) is 14.7 Å². The summed E-state index contributed by atoms with van der Waals surface area (Å²) in [6.07, 6.45) is 4.02. The lowest BCUT2D eigenvalue weighted by Crippen LogP contribution is -2.54. The van der Waals surface area contributed by atoms with Crippen molar-refractivity contribution >= 4 is 11.9 Å². The van der Waals surface area contributed by atoms with Gasteiger partial charge in [0.25, 0.3) is 0 Å². The molecule has 0 spiro atoms. The van der Waals surface area contributed by atoms with Gasteiger partial charge in [0.05, 0.1) is 5.41 Å². The molecule has 5 nitrogen and oxygen atoms in total. The minimum atomic E-state index is -0.861. The Hall–Kier alpha value is -1.10. The zero-order chi connectivity index (χ0) is 13.2. The molecule has 1 amide bonds. The second-order valence-electron chi connectivity index (χ2n) is 5.41. The number of likely N-dealkylation sites (tertiary alicyclic amines) is 1. The maximum absolute atomic E-state index is 12.7. The van der Waals surface area contributed by atoms with Crippen LogP contribution < -0.4 is 5.32 Å². The third-order valence-electron chi connectivity index (χ3n) is 4.42. The van der Waals surface area contributed by atoms with E-state index in [0.717, 1.165) is 32.2 Å². The molecule has 2 aliphatic rings. The van der Waals surface area contributed by atoms with Crippen molar-refractivity contribution in [3.05, 3.63) is 0 Å². The normalized spacial score (nSPS) is 32.5. The van der Waals surface area contributed by atoms with Crippen molar-refractivity contribution in [2.45, 2.75) is 45.1 Å². The molecule has 2 saturated heterocycles. The van der Waals surface area contributed by atoms with E-state index >= 15 is 0 Å². The molecule has 2 unspecified atom stereocenters. The van der Waals surface area contributed by atoms with Crippen LogP contribution in [-0.4, -0.2) is 47.6 Å². The van der Waals surface area contributed by atoms with Crippen molar-refractivity contribution in [2.75, 3.05) is 19.6 Å². The Morgan fingerprint density at radius 3 is 2.78 bits per heavy atom. The largest absolute Gasteiger partial charge is 0.480 e. The molecule has 0 aromatic carbocycles. The zero-order valence-electron chi connectivity index (χ0n) is 10.9. The number of carboxylic acids is 1. The number of nitrogens with one attached hydrogen (secondary N) is 1. The Kier molecular flexibility index (Phi) is 3.90. The van der Waals surface area contributed by atoms with E-state index in [0.29, 0.717) is 19.5 Å². The lowest BCUT2D eigenvalue weighted by Gasteiger charge is -2.39. The maximum atomic E-state index is 12.7. The lowest BCUT2D eigenvalue weighted by molar-refractivity contribution is -0.157.